The smallest absolute Gasteiger partial charge is 0.145 e. The van der Waals surface area contributed by atoms with Crippen molar-refractivity contribution in [1.82, 2.24) is 4.98 Å². The third-order valence-corrected chi connectivity index (χ3v) is 0.979. The van der Waals surface area contributed by atoms with Crippen molar-refractivity contribution in [1.29, 1.82) is 0 Å². The van der Waals surface area contributed by atoms with Crippen molar-refractivity contribution in [3.05, 3.63) is 12.1 Å². The molecule has 0 aliphatic carbocycles. The van der Waals surface area contributed by atoms with E-state index in [1.165, 1.54) is 0 Å². The maximum Gasteiger partial charge on any atom is 0.145 e. The first-order chi connectivity index (χ1) is 4.20. The van der Waals surface area contributed by atoms with Crippen LogP contribution in [0.5, 0.6) is 0 Å². The molecule has 0 aliphatic rings. The number of nitrogens with zero attached hydrogens (tertiary/aromatic N) is 1. The van der Waals surface area contributed by atoms with E-state index < -0.39 is 0 Å². The van der Waals surface area contributed by atoms with Crippen molar-refractivity contribution in [3.8, 4) is 0 Å². The minimum absolute atomic E-state index is 0.287. The summed E-state index contributed by atoms with van der Waals surface area (Å²) in [4.78, 5) is 3.70. The molecule has 0 fully saturated rings. The lowest BCUT2D eigenvalue weighted by Gasteiger charge is -1.97. The summed E-state index contributed by atoms with van der Waals surface area (Å²) in [5.74, 6) is 0.287. The zero-order valence-electron chi connectivity index (χ0n) is 4.83. The van der Waals surface area contributed by atoms with Gasteiger partial charge in [-0.15, -0.1) is 0 Å². The van der Waals surface area contributed by atoms with Crippen LogP contribution in [0, 0.1) is 0 Å². The monoisotopic (exact) mass is 119 g/mol. The maximum absolute atomic E-state index is 5.35. The van der Waals surface area contributed by atoms with E-state index in [9.17, 15) is 0 Å². The van der Waals surface area contributed by atoms with Crippen molar-refractivity contribution >= 4 is 24.9 Å². The van der Waals surface area contributed by atoms with Gasteiger partial charge in [0.05, 0.1) is 5.69 Å². The van der Waals surface area contributed by atoms with E-state index in [4.69, 9.17) is 19.3 Å². The molecule has 0 saturated carbocycles. The average Bonchev–Trinajstić information content (AvgIpc) is 1.80. The molecule has 0 aromatic carbocycles. The van der Waals surface area contributed by atoms with Gasteiger partial charge in [0.15, 0.2) is 0 Å². The predicted octanol–water partition coefficient (Wildman–Crippen LogP) is -0.960. The average molecular weight is 119 g/mol. The van der Waals surface area contributed by atoms with Crippen LogP contribution in [0.15, 0.2) is 12.1 Å². The number of nitrogens with two attached hydrogens (primary N) is 2. The van der Waals surface area contributed by atoms with Gasteiger partial charge in [-0.25, -0.2) is 4.98 Å². The molecule has 0 amide bonds. The fourth-order valence-electron chi connectivity index (χ4n) is 0.501. The molecule has 1 rings (SSSR count). The molecule has 44 valence electrons. The lowest BCUT2D eigenvalue weighted by molar-refractivity contribution is 1.40. The van der Waals surface area contributed by atoms with Crippen LogP contribution >= 0.6 is 0 Å². The van der Waals surface area contributed by atoms with Crippen LogP contribution in [-0.4, -0.2) is 12.8 Å². The van der Waals surface area contributed by atoms with Crippen molar-refractivity contribution in [2.75, 3.05) is 11.5 Å². The van der Waals surface area contributed by atoms with Crippen LogP contribution in [0.25, 0.3) is 0 Å². The molecule has 0 saturated heterocycles. The molecule has 4 heteroatoms. The first-order valence-electron chi connectivity index (χ1n) is 2.47. The number of nitrogen functional groups attached to an aromatic ring is 2. The minimum Gasteiger partial charge on any atom is -0.396 e. The molecule has 1 aromatic rings. The highest BCUT2D eigenvalue weighted by molar-refractivity contribution is 6.30. The third-order valence-electron chi connectivity index (χ3n) is 0.979. The summed E-state index contributed by atoms with van der Waals surface area (Å²) >= 11 is 0. The predicted molar refractivity (Wildman–Crippen MR) is 38.4 cm³/mol. The Morgan fingerprint density at radius 3 is 2.44 bits per heavy atom. The van der Waals surface area contributed by atoms with Crippen LogP contribution in [0.1, 0.15) is 0 Å². The van der Waals surface area contributed by atoms with E-state index in [1.54, 1.807) is 12.1 Å². The van der Waals surface area contributed by atoms with Crippen molar-refractivity contribution < 1.29 is 0 Å². The normalized spacial score (nSPS) is 9.33. The summed E-state index contributed by atoms with van der Waals surface area (Å²) in [5.41, 5.74) is 11.5. The third kappa shape index (κ3) is 1.13. The van der Waals surface area contributed by atoms with Gasteiger partial charge in [-0.1, -0.05) is 0 Å². The summed E-state index contributed by atoms with van der Waals surface area (Å²) in [6.07, 6.45) is 0. The zero-order valence-corrected chi connectivity index (χ0v) is 4.83. The van der Waals surface area contributed by atoms with Crippen LogP contribution in [-0.2, 0) is 0 Å². The molecule has 0 bridgehead atoms. The molecular formula is C5H6BN3. The highest BCUT2D eigenvalue weighted by Crippen LogP contribution is 2.05. The highest BCUT2D eigenvalue weighted by Gasteiger charge is 1.91. The standard InChI is InChI=1S/C5H6BN3/c6-4-2-1-3(7)5(8)9-4/h1-2H,7H2,(H2,8,9). The number of hydrogen-bond donors (Lipinski definition) is 2. The van der Waals surface area contributed by atoms with E-state index in [-0.39, 0.29) is 5.82 Å². The largest absolute Gasteiger partial charge is 0.396 e. The maximum atomic E-state index is 5.35. The van der Waals surface area contributed by atoms with Crippen LogP contribution in [0.2, 0.25) is 0 Å². The molecule has 0 atom stereocenters. The summed E-state index contributed by atoms with van der Waals surface area (Å²) < 4.78 is 0. The van der Waals surface area contributed by atoms with E-state index in [1.807, 2.05) is 0 Å². The minimum atomic E-state index is 0.287. The van der Waals surface area contributed by atoms with Gasteiger partial charge in [0, 0.05) is 0 Å². The van der Waals surface area contributed by atoms with Gasteiger partial charge in [0.2, 0.25) is 0 Å². The Morgan fingerprint density at radius 2 is 2.00 bits per heavy atom. The molecular weight excluding hydrogens is 113 g/mol. The van der Waals surface area contributed by atoms with Crippen molar-refractivity contribution in [3.63, 3.8) is 0 Å². The second-order valence-corrected chi connectivity index (χ2v) is 1.71. The van der Waals surface area contributed by atoms with Gasteiger partial charge in [-0.05, 0) is 17.7 Å². The van der Waals surface area contributed by atoms with Crippen LogP contribution in [0.3, 0.4) is 0 Å². The van der Waals surface area contributed by atoms with E-state index >= 15 is 0 Å². The fourth-order valence-corrected chi connectivity index (χ4v) is 0.501. The first kappa shape index (κ1) is 5.94. The Morgan fingerprint density at radius 1 is 1.33 bits per heavy atom. The number of aromatic nitrogens is 1. The molecule has 1 heterocycles. The molecule has 1 aromatic heterocycles. The number of rotatable bonds is 0. The van der Waals surface area contributed by atoms with Gasteiger partial charge >= 0.3 is 0 Å². The number of anilines is 2. The van der Waals surface area contributed by atoms with Gasteiger partial charge in [-0.3, -0.25) is 0 Å². The summed E-state index contributed by atoms with van der Waals surface area (Å²) in [6.45, 7) is 0. The Bertz CT molecular complexity index is 223. The zero-order chi connectivity index (χ0) is 6.85. The van der Waals surface area contributed by atoms with E-state index in [2.05, 4.69) is 4.98 Å². The second-order valence-electron chi connectivity index (χ2n) is 1.71. The Labute approximate surface area is 54.5 Å². The summed E-state index contributed by atoms with van der Waals surface area (Å²) in [6, 6.07) is 3.23. The van der Waals surface area contributed by atoms with Crippen LogP contribution < -0.4 is 17.1 Å². The lowest BCUT2D eigenvalue weighted by atomic mass is 10.0. The Hall–Kier alpha value is -1.19. The molecule has 0 spiro atoms. The topological polar surface area (TPSA) is 64.9 Å². The molecule has 0 aliphatic heterocycles. The van der Waals surface area contributed by atoms with Gasteiger partial charge in [-0.2, -0.15) is 0 Å². The van der Waals surface area contributed by atoms with Gasteiger partial charge in [0.1, 0.15) is 13.7 Å². The number of hydrogen-bond acceptors (Lipinski definition) is 3. The lowest BCUT2D eigenvalue weighted by Crippen LogP contribution is -2.11. The molecule has 0 unspecified atom stereocenters. The van der Waals surface area contributed by atoms with Crippen LogP contribution in [0.4, 0.5) is 11.5 Å². The summed E-state index contributed by atoms with van der Waals surface area (Å²) in [7, 11) is 5.28. The van der Waals surface area contributed by atoms with E-state index in [0.29, 0.717) is 11.3 Å². The Balaban J connectivity index is 3.17. The first-order valence-corrected chi connectivity index (χ1v) is 2.47. The SMILES string of the molecule is [B]c1ccc(N)c(N)n1. The second kappa shape index (κ2) is 1.97. The molecule has 3 nitrogen and oxygen atoms in total. The summed E-state index contributed by atoms with van der Waals surface area (Å²) in [5, 5.41) is 0. The Kier molecular flexibility index (Phi) is 1.30. The number of pyridine rings is 1. The van der Waals surface area contributed by atoms with E-state index in [0.717, 1.165) is 0 Å². The fraction of sp³-hybridized carbons (Fsp3) is 0. The molecule has 9 heavy (non-hydrogen) atoms. The quantitative estimate of drug-likeness (QED) is 0.432. The highest BCUT2D eigenvalue weighted by atomic mass is 14.9. The van der Waals surface area contributed by atoms with Crippen molar-refractivity contribution in [2.45, 2.75) is 0 Å². The molecule has 2 radical (unpaired) electrons. The van der Waals surface area contributed by atoms with Gasteiger partial charge < -0.3 is 11.5 Å². The van der Waals surface area contributed by atoms with Gasteiger partial charge in [0.25, 0.3) is 0 Å². The van der Waals surface area contributed by atoms with Crippen molar-refractivity contribution in [2.24, 2.45) is 0 Å². The molecule has 4 N–H and O–H groups in total.